The van der Waals surface area contributed by atoms with E-state index < -0.39 is 11.7 Å². The van der Waals surface area contributed by atoms with Crippen LogP contribution in [0.25, 0.3) is 0 Å². The Morgan fingerprint density at radius 1 is 1.59 bits per heavy atom. The fraction of sp³-hybridized carbons (Fsp3) is 0.417. The molecule has 1 unspecified atom stereocenters. The van der Waals surface area contributed by atoms with Crippen molar-refractivity contribution in [3.63, 3.8) is 0 Å². The van der Waals surface area contributed by atoms with E-state index in [1.807, 2.05) is 0 Å². The maximum absolute atomic E-state index is 13.5. The Morgan fingerprint density at radius 3 is 3.00 bits per heavy atom. The number of benzene rings is 1. The number of amides is 1. The van der Waals surface area contributed by atoms with Crippen LogP contribution in [-0.2, 0) is 0 Å². The van der Waals surface area contributed by atoms with Crippen molar-refractivity contribution in [3.05, 3.63) is 29.6 Å². The van der Waals surface area contributed by atoms with Crippen LogP contribution in [0.5, 0.6) is 5.75 Å². The molecule has 1 atom stereocenters. The maximum atomic E-state index is 13.5. The minimum Gasteiger partial charge on any atom is -0.489 e. The number of carbonyl (C=O) groups excluding carboxylic acids is 1. The van der Waals surface area contributed by atoms with Crippen molar-refractivity contribution in [2.75, 3.05) is 13.2 Å². The number of nitrogens with two attached hydrogens (primary N) is 1. The van der Waals surface area contributed by atoms with Gasteiger partial charge in [-0.05, 0) is 37.6 Å². The highest BCUT2D eigenvalue weighted by molar-refractivity contribution is 5.92. The first kappa shape index (κ1) is 11.9. The summed E-state index contributed by atoms with van der Waals surface area (Å²) in [6, 6.07) is 4.28. The minimum absolute atomic E-state index is 0.147. The summed E-state index contributed by atoms with van der Waals surface area (Å²) in [6.45, 7) is 1.42. The molecule has 0 radical (unpaired) electrons. The summed E-state index contributed by atoms with van der Waals surface area (Å²) in [6.07, 6.45) is 2.16. The largest absolute Gasteiger partial charge is 0.489 e. The molecule has 5 heteroatoms. The van der Waals surface area contributed by atoms with Gasteiger partial charge in [0.05, 0.1) is 0 Å². The second-order valence-corrected chi connectivity index (χ2v) is 4.11. The quantitative estimate of drug-likeness (QED) is 0.824. The third-order valence-electron chi connectivity index (χ3n) is 2.82. The zero-order chi connectivity index (χ0) is 12.3. The van der Waals surface area contributed by atoms with E-state index in [0.29, 0.717) is 6.61 Å². The monoisotopic (exact) mass is 238 g/mol. The van der Waals surface area contributed by atoms with Crippen LogP contribution in [0.3, 0.4) is 0 Å². The van der Waals surface area contributed by atoms with Crippen LogP contribution in [0.1, 0.15) is 23.2 Å². The van der Waals surface area contributed by atoms with Gasteiger partial charge < -0.3 is 15.8 Å². The zero-order valence-corrected chi connectivity index (χ0v) is 9.41. The Morgan fingerprint density at radius 2 is 2.41 bits per heavy atom. The van der Waals surface area contributed by atoms with Gasteiger partial charge in [0.25, 0.3) is 0 Å². The van der Waals surface area contributed by atoms with E-state index in [4.69, 9.17) is 10.5 Å². The SMILES string of the molecule is NC(=O)c1ccc(OCC2CCCN2)c(F)c1. The molecule has 2 rings (SSSR count). The predicted molar refractivity (Wildman–Crippen MR) is 61.4 cm³/mol. The average Bonchev–Trinajstić information content (AvgIpc) is 2.80. The van der Waals surface area contributed by atoms with E-state index in [1.165, 1.54) is 12.1 Å². The number of carbonyl (C=O) groups is 1. The van der Waals surface area contributed by atoms with Gasteiger partial charge in [-0.15, -0.1) is 0 Å². The molecule has 1 saturated heterocycles. The topological polar surface area (TPSA) is 64.4 Å². The van der Waals surface area contributed by atoms with E-state index >= 15 is 0 Å². The minimum atomic E-state index is -0.645. The summed E-state index contributed by atoms with van der Waals surface area (Å²) >= 11 is 0. The normalized spacial score (nSPS) is 19.2. The van der Waals surface area contributed by atoms with Crippen LogP contribution in [0, 0.1) is 5.82 Å². The van der Waals surface area contributed by atoms with Crippen molar-refractivity contribution in [1.82, 2.24) is 5.32 Å². The number of hydrogen-bond donors (Lipinski definition) is 2. The number of ether oxygens (including phenoxy) is 1. The molecule has 4 nitrogen and oxygen atoms in total. The Balaban J connectivity index is 1.98. The molecule has 1 aromatic rings. The van der Waals surface area contributed by atoms with Crippen LogP contribution in [-0.4, -0.2) is 25.1 Å². The molecule has 3 N–H and O–H groups in total. The lowest BCUT2D eigenvalue weighted by molar-refractivity contribution is 0.0999. The lowest BCUT2D eigenvalue weighted by Crippen LogP contribution is -2.28. The van der Waals surface area contributed by atoms with E-state index in [9.17, 15) is 9.18 Å². The fourth-order valence-corrected chi connectivity index (χ4v) is 1.86. The third kappa shape index (κ3) is 2.94. The lowest BCUT2D eigenvalue weighted by atomic mass is 10.2. The van der Waals surface area contributed by atoms with Crippen molar-refractivity contribution in [3.8, 4) is 5.75 Å². The summed E-state index contributed by atoms with van der Waals surface area (Å²) in [7, 11) is 0. The molecule has 1 aliphatic rings. The highest BCUT2D eigenvalue weighted by Gasteiger charge is 2.15. The molecular formula is C12H15FN2O2. The molecule has 0 bridgehead atoms. The fourth-order valence-electron chi connectivity index (χ4n) is 1.86. The first-order chi connectivity index (χ1) is 8.16. The Bertz CT molecular complexity index is 417. The van der Waals surface area contributed by atoms with Gasteiger partial charge in [0.1, 0.15) is 6.61 Å². The van der Waals surface area contributed by atoms with Gasteiger partial charge in [0, 0.05) is 11.6 Å². The molecule has 1 aliphatic heterocycles. The van der Waals surface area contributed by atoms with Crippen molar-refractivity contribution in [1.29, 1.82) is 0 Å². The molecule has 0 saturated carbocycles. The Hall–Kier alpha value is -1.62. The third-order valence-corrected chi connectivity index (χ3v) is 2.82. The van der Waals surface area contributed by atoms with Crippen LogP contribution < -0.4 is 15.8 Å². The number of hydrogen-bond acceptors (Lipinski definition) is 3. The second kappa shape index (κ2) is 5.14. The smallest absolute Gasteiger partial charge is 0.248 e. The van der Waals surface area contributed by atoms with E-state index in [-0.39, 0.29) is 17.4 Å². The number of primary amides is 1. The summed E-state index contributed by atoms with van der Waals surface area (Å²) in [4.78, 5) is 10.8. The summed E-state index contributed by atoms with van der Waals surface area (Å²) in [5.74, 6) is -1.05. The molecule has 92 valence electrons. The van der Waals surface area contributed by atoms with Crippen molar-refractivity contribution in [2.24, 2.45) is 5.73 Å². The summed E-state index contributed by atoms with van der Waals surface area (Å²) < 4.78 is 18.9. The first-order valence-corrected chi connectivity index (χ1v) is 5.62. The van der Waals surface area contributed by atoms with Crippen LogP contribution in [0.2, 0.25) is 0 Å². The van der Waals surface area contributed by atoms with Crippen LogP contribution in [0.4, 0.5) is 4.39 Å². The highest BCUT2D eigenvalue weighted by Crippen LogP contribution is 2.19. The number of halogens is 1. The number of rotatable bonds is 4. The van der Waals surface area contributed by atoms with E-state index in [2.05, 4.69) is 5.32 Å². The van der Waals surface area contributed by atoms with Gasteiger partial charge in [-0.1, -0.05) is 0 Å². The molecular weight excluding hydrogens is 223 g/mol. The van der Waals surface area contributed by atoms with Crippen molar-refractivity contribution in [2.45, 2.75) is 18.9 Å². The van der Waals surface area contributed by atoms with E-state index in [0.717, 1.165) is 25.5 Å². The average molecular weight is 238 g/mol. The van der Waals surface area contributed by atoms with Gasteiger partial charge in [0.15, 0.2) is 11.6 Å². The Kier molecular flexibility index (Phi) is 3.58. The molecule has 1 amide bonds. The van der Waals surface area contributed by atoms with Crippen molar-refractivity contribution >= 4 is 5.91 Å². The number of nitrogens with one attached hydrogen (secondary N) is 1. The summed E-state index contributed by atoms with van der Waals surface area (Å²) in [5.41, 5.74) is 5.20. The molecule has 0 aromatic heterocycles. The van der Waals surface area contributed by atoms with Gasteiger partial charge in [-0.3, -0.25) is 4.79 Å². The lowest BCUT2D eigenvalue weighted by Gasteiger charge is -2.12. The van der Waals surface area contributed by atoms with E-state index in [1.54, 1.807) is 0 Å². The van der Waals surface area contributed by atoms with Gasteiger partial charge >= 0.3 is 0 Å². The maximum Gasteiger partial charge on any atom is 0.248 e. The second-order valence-electron chi connectivity index (χ2n) is 4.11. The highest BCUT2D eigenvalue weighted by atomic mass is 19.1. The molecule has 17 heavy (non-hydrogen) atoms. The van der Waals surface area contributed by atoms with Crippen LogP contribution in [0.15, 0.2) is 18.2 Å². The van der Waals surface area contributed by atoms with Gasteiger partial charge in [-0.25, -0.2) is 4.39 Å². The first-order valence-electron chi connectivity index (χ1n) is 5.62. The van der Waals surface area contributed by atoms with Gasteiger partial charge in [0.2, 0.25) is 5.91 Å². The Labute approximate surface area is 98.9 Å². The molecule has 1 fully saturated rings. The standard InChI is InChI=1S/C12H15FN2O2/c13-10-6-8(12(14)16)3-4-11(10)17-7-9-2-1-5-15-9/h3-4,6,9,15H,1-2,5,7H2,(H2,14,16). The van der Waals surface area contributed by atoms with Gasteiger partial charge in [-0.2, -0.15) is 0 Å². The molecule has 1 aromatic carbocycles. The molecule has 0 aliphatic carbocycles. The summed E-state index contributed by atoms with van der Waals surface area (Å²) in [5, 5.41) is 3.25. The predicted octanol–water partition coefficient (Wildman–Crippen LogP) is 1.06. The molecule has 1 heterocycles. The van der Waals surface area contributed by atoms with Crippen molar-refractivity contribution < 1.29 is 13.9 Å². The molecule has 0 spiro atoms. The zero-order valence-electron chi connectivity index (χ0n) is 9.41. The van der Waals surface area contributed by atoms with Crippen LogP contribution >= 0.6 is 0 Å².